The third-order valence-electron chi connectivity index (χ3n) is 8.91. The third-order valence-corrected chi connectivity index (χ3v) is 8.91. The molecule has 0 aliphatic heterocycles. The van der Waals surface area contributed by atoms with E-state index in [4.69, 9.17) is 0 Å². The molecule has 8 aromatic rings. The molecule has 1 nitrogen and oxygen atoms in total. The van der Waals surface area contributed by atoms with E-state index in [1.165, 1.54) is 82.4 Å². The summed E-state index contributed by atoms with van der Waals surface area (Å²) in [4.78, 5) is 0. The fourth-order valence-corrected chi connectivity index (χ4v) is 6.80. The summed E-state index contributed by atoms with van der Waals surface area (Å²) in [6.07, 6.45) is 3.98. The van der Waals surface area contributed by atoms with Crippen molar-refractivity contribution in [2.24, 2.45) is 0 Å². The first-order valence-corrected chi connectivity index (χ1v) is 15.1. The fourth-order valence-electron chi connectivity index (χ4n) is 6.80. The van der Waals surface area contributed by atoms with Crippen LogP contribution in [0, 0.1) is 6.92 Å². The molecule has 0 bridgehead atoms. The standard InChI is InChI=1S/C43H31N/c1-3-11-36(35-15-6-4-12-29(35)2)32-22-20-30(21-23-32)33-24-26-38-34(28-33)25-27-40-39-17-8-9-18-42(39)44(43(38)40)41-19-10-14-31-13-5-7-16-37(31)41/h3-28H,1H2,2H3/b36-11-. The number of aryl methyl sites for hydroxylation is 1. The number of para-hydroxylation sites is 1. The smallest absolute Gasteiger partial charge is 0.0619 e. The lowest BCUT2D eigenvalue weighted by Gasteiger charge is -2.14. The summed E-state index contributed by atoms with van der Waals surface area (Å²) >= 11 is 0. The van der Waals surface area contributed by atoms with Crippen LogP contribution in [0.1, 0.15) is 16.7 Å². The van der Waals surface area contributed by atoms with E-state index in [1.54, 1.807) is 0 Å². The van der Waals surface area contributed by atoms with Gasteiger partial charge in [0.05, 0.1) is 16.7 Å². The molecule has 0 saturated carbocycles. The molecule has 0 amide bonds. The highest BCUT2D eigenvalue weighted by molar-refractivity contribution is 6.19. The van der Waals surface area contributed by atoms with Crippen LogP contribution < -0.4 is 0 Å². The number of rotatable bonds is 5. The van der Waals surface area contributed by atoms with Crippen molar-refractivity contribution in [3.63, 3.8) is 0 Å². The van der Waals surface area contributed by atoms with Gasteiger partial charge in [-0.3, -0.25) is 0 Å². The van der Waals surface area contributed by atoms with E-state index in [0.717, 1.165) is 0 Å². The van der Waals surface area contributed by atoms with Gasteiger partial charge in [0.25, 0.3) is 0 Å². The van der Waals surface area contributed by atoms with Crippen LogP contribution in [-0.2, 0) is 0 Å². The minimum atomic E-state index is 1.19. The molecule has 0 N–H and O–H groups in total. The maximum Gasteiger partial charge on any atom is 0.0619 e. The summed E-state index contributed by atoms with van der Waals surface area (Å²) in [6.45, 7) is 6.13. The van der Waals surface area contributed by atoms with Crippen molar-refractivity contribution in [1.29, 1.82) is 0 Å². The number of benzene rings is 7. The highest BCUT2D eigenvalue weighted by Crippen LogP contribution is 2.39. The predicted molar refractivity (Wildman–Crippen MR) is 190 cm³/mol. The topological polar surface area (TPSA) is 4.93 Å². The number of nitrogens with zero attached hydrogens (tertiary/aromatic N) is 1. The minimum Gasteiger partial charge on any atom is -0.308 e. The lowest BCUT2D eigenvalue weighted by atomic mass is 9.92. The Kier molecular flexibility index (Phi) is 6.24. The van der Waals surface area contributed by atoms with E-state index < -0.39 is 0 Å². The van der Waals surface area contributed by atoms with Crippen LogP contribution in [0.3, 0.4) is 0 Å². The molecule has 1 aromatic heterocycles. The summed E-state index contributed by atoms with van der Waals surface area (Å²) in [5.41, 5.74) is 11.0. The van der Waals surface area contributed by atoms with Gasteiger partial charge >= 0.3 is 0 Å². The van der Waals surface area contributed by atoms with Crippen LogP contribution in [0.15, 0.2) is 164 Å². The largest absolute Gasteiger partial charge is 0.308 e. The van der Waals surface area contributed by atoms with Crippen molar-refractivity contribution < 1.29 is 0 Å². The molecule has 0 aliphatic carbocycles. The summed E-state index contributed by atoms with van der Waals surface area (Å²) in [6, 6.07) is 52.9. The lowest BCUT2D eigenvalue weighted by molar-refractivity contribution is 1.20. The average molecular weight is 562 g/mol. The Morgan fingerprint density at radius 2 is 1.27 bits per heavy atom. The number of allylic oxidation sites excluding steroid dienone is 2. The van der Waals surface area contributed by atoms with Crippen LogP contribution in [-0.4, -0.2) is 4.57 Å². The van der Waals surface area contributed by atoms with E-state index in [-0.39, 0.29) is 0 Å². The van der Waals surface area contributed by atoms with Crippen molar-refractivity contribution in [2.75, 3.05) is 0 Å². The van der Waals surface area contributed by atoms with Gasteiger partial charge in [-0.05, 0) is 69.3 Å². The van der Waals surface area contributed by atoms with E-state index in [1.807, 2.05) is 6.08 Å². The molecule has 0 fully saturated rings. The van der Waals surface area contributed by atoms with Gasteiger partial charge in [0.1, 0.15) is 0 Å². The highest BCUT2D eigenvalue weighted by atomic mass is 15.0. The highest BCUT2D eigenvalue weighted by Gasteiger charge is 2.17. The Bertz CT molecular complexity index is 2390. The molecular formula is C43H31N. The van der Waals surface area contributed by atoms with Gasteiger partial charge in [0.15, 0.2) is 0 Å². The summed E-state index contributed by atoms with van der Waals surface area (Å²) < 4.78 is 2.46. The van der Waals surface area contributed by atoms with Gasteiger partial charge in [-0.25, -0.2) is 0 Å². The third kappa shape index (κ3) is 4.17. The molecule has 0 radical (unpaired) electrons. The van der Waals surface area contributed by atoms with Crippen LogP contribution in [0.4, 0.5) is 0 Å². The monoisotopic (exact) mass is 561 g/mol. The first-order valence-electron chi connectivity index (χ1n) is 15.1. The molecular weight excluding hydrogens is 530 g/mol. The maximum absolute atomic E-state index is 3.97. The van der Waals surface area contributed by atoms with Gasteiger partial charge in [-0.2, -0.15) is 0 Å². The summed E-state index contributed by atoms with van der Waals surface area (Å²) in [5.74, 6) is 0. The van der Waals surface area contributed by atoms with Crippen molar-refractivity contribution in [3.8, 4) is 16.8 Å². The van der Waals surface area contributed by atoms with Crippen LogP contribution >= 0.6 is 0 Å². The average Bonchev–Trinajstić information content (AvgIpc) is 3.42. The molecule has 1 heteroatoms. The van der Waals surface area contributed by atoms with Gasteiger partial charge in [-0.1, -0.05) is 146 Å². The maximum atomic E-state index is 3.97. The van der Waals surface area contributed by atoms with Crippen molar-refractivity contribution in [1.82, 2.24) is 4.57 Å². The molecule has 1 heterocycles. The quantitative estimate of drug-likeness (QED) is 0.184. The summed E-state index contributed by atoms with van der Waals surface area (Å²) in [5, 5.41) is 7.53. The van der Waals surface area contributed by atoms with E-state index in [0.29, 0.717) is 0 Å². The number of aromatic nitrogens is 1. The predicted octanol–water partition coefficient (Wildman–Crippen LogP) is 11.7. The number of fused-ring (bicyclic) bond motifs is 6. The Morgan fingerprint density at radius 3 is 2.11 bits per heavy atom. The van der Waals surface area contributed by atoms with E-state index >= 15 is 0 Å². The second-order valence-electron chi connectivity index (χ2n) is 11.5. The van der Waals surface area contributed by atoms with Crippen LogP contribution in [0.25, 0.3) is 65.7 Å². The Labute approximate surface area is 257 Å². The second kappa shape index (κ2) is 10.6. The zero-order chi connectivity index (χ0) is 29.6. The molecule has 0 aliphatic rings. The number of hydrogen-bond acceptors (Lipinski definition) is 0. The zero-order valence-electron chi connectivity index (χ0n) is 24.7. The molecule has 0 unspecified atom stereocenters. The van der Waals surface area contributed by atoms with Crippen LogP contribution in [0.5, 0.6) is 0 Å². The van der Waals surface area contributed by atoms with E-state index in [9.17, 15) is 0 Å². The first kappa shape index (κ1) is 26.0. The normalized spacial score (nSPS) is 12.0. The lowest BCUT2D eigenvalue weighted by Crippen LogP contribution is -1.96. The molecule has 44 heavy (non-hydrogen) atoms. The molecule has 8 rings (SSSR count). The van der Waals surface area contributed by atoms with Crippen molar-refractivity contribution >= 4 is 48.9 Å². The molecule has 0 spiro atoms. The van der Waals surface area contributed by atoms with Crippen molar-refractivity contribution in [3.05, 3.63) is 181 Å². The Morgan fingerprint density at radius 1 is 0.568 bits per heavy atom. The molecule has 0 saturated heterocycles. The van der Waals surface area contributed by atoms with E-state index in [2.05, 4.69) is 170 Å². The van der Waals surface area contributed by atoms with Gasteiger partial charge in [-0.15, -0.1) is 0 Å². The summed E-state index contributed by atoms with van der Waals surface area (Å²) in [7, 11) is 0. The molecule has 0 atom stereocenters. The minimum absolute atomic E-state index is 1.19. The molecule has 7 aromatic carbocycles. The van der Waals surface area contributed by atoms with Crippen molar-refractivity contribution in [2.45, 2.75) is 6.92 Å². The van der Waals surface area contributed by atoms with Gasteiger partial charge < -0.3 is 4.57 Å². The van der Waals surface area contributed by atoms with Gasteiger partial charge in [0, 0.05) is 21.5 Å². The molecule has 208 valence electrons. The first-order chi connectivity index (χ1) is 21.7. The fraction of sp³-hybridized carbons (Fsp3) is 0.0233. The zero-order valence-corrected chi connectivity index (χ0v) is 24.7. The Balaban J connectivity index is 1.28. The van der Waals surface area contributed by atoms with Crippen LogP contribution in [0.2, 0.25) is 0 Å². The number of hydrogen-bond donors (Lipinski definition) is 0. The SMILES string of the molecule is C=C/C=C(/c1ccc(-c2ccc3c(ccc4c5ccccc5n(-c5cccc6ccccc56)c34)c2)cc1)c1ccccc1C. The Hall–Kier alpha value is -5.66. The van der Waals surface area contributed by atoms with Gasteiger partial charge in [0.2, 0.25) is 0 Å². The second-order valence-corrected chi connectivity index (χ2v) is 11.5.